The van der Waals surface area contributed by atoms with Gasteiger partial charge in [0, 0.05) is 37.5 Å². The SMILES string of the molecule is Cc1ccc(C(=O)CCCN(CCNC(=O)c2ccc(O)c(O)c2Cl)CC2=C(C(=O)O)N3C(=O)[C@H]([C@@H](C)O)[C@H]3[C@H]2C)c(Cl)c1O. The van der Waals surface area contributed by atoms with Gasteiger partial charge in [-0.3, -0.25) is 19.3 Å². The van der Waals surface area contributed by atoms with E-state index in [1.54, 1.807) is 26.0 Å². The Morgan fingerprint density at radius 1 is 1.02 bits per heavy atom. The van der Waals surface area contributed by atoms with Crippen LogP contribution in [0, 0.1) is 18.8 Å². The second-order valence-electron chi connectivity index (χ2n) is 11.4. The van der Waals surface area contributed by atoms with Crippen LogP contribution in [-0.4, -0.2) is 97.2 Å². The van der Waals surface area contributed by atoms with Gasteiger partial charge >= 0.3 is 5.97 Å². The minimum absolute atomic E-state index is 0.0311. The van der Waals surface area contributed by atoms with Crippen molar-refractivity contribution in [3.63, 3.8) is 0 Å². The molecule has 2 aliphatic heterocycles. The Morgan fingerprint density at radius 2 is 1.67 bits per heavy atom. The number of rotatable bonds is 13. The van der Waals surface area contributed by atoms with Crippen molar-refractivity contribution in [2.75, 3.05) is 26.2 Å². The Kier molecular flexibility index (Phi) is 10.3. The van der Waals surface area contributed by atoms with E-state index in [-0.39, 0.29) is 70.4 Å². The Bertz CT molecular complexity index is 1500. The van der Waals surface area contributed by atoms with Crippen LogP contribution in [0.5, 0.6) is 17.2 Å². The van der Waals surface area contributed by atoms with E-state index in [0.717, 1.165) is 6.07 Å². The molecule has 45 heavy (non-hydrogen) atoms. The monoisotopic (exact) mass is 663 g/mol. The molecule has 12 nitrogen and oxygen atoms in total. The molecule has 2 aromatic carbocycles. The van der Waals surface area contributed by atoms with Gasteiger partial charge < -0.3 is 35.7 Å². The molecule has 2 amide bonds. The van der Waals surface area contributed by atoms with Crippen molar-refractivity contribution in [1.29, 1.82) is 0 Å². The molecule has 1 saturated heterocycles. The molecule has 242 valence electrons. The van der Waals surface area contributed by atoms with Gasteiger partial charge in [-0.05, 0) is 56.1 Å². The summed E-state index contributed by atoms with van der Waals surface area (Å²) in [4.78, 5) is 53.9. The molecule has 0 bridgehead atoms. The number of aliphatic hydroxyl groups is 1. The molecular weight excluding hydrogens is 629 g/mol. The average molecular weight is 665 g/mol. The quantitative estimate of drug-likeness (QED) is 0.105. The van der Waals surface area contributed by atoms with Gasteiger partial charge in [-0.2, -0.15) is 0 Å². The van der Waals surface area contributed by atoms with E-state index in [1.807, 2.05) is 4.90 Å². The van der Waals surface area contributed by atoms with Crippen LogP contribution in [0.4, 0.5) is 0 Å². The molecule has 0 aliphatic carbocycles. The third-order valence-electron chi connectivity index (χ3n) is 8.46. The summed E-state index contributed by atoms with van der Waals surface area (Å²) < 4.78 is 0. The first-order chi connectivity index (χ1) is 21.2. The van der Waals surface area contributed by atoms with Crippen LogP contribution >= 0.6 is 23.2 Å². The number of carboxylic acids is 1. The molecule has 0 unspecified atom stereocenters. The van der Waals surface area contributed by atoms with Crippen molar-refractivity contribution in [2.24, 2.45) is 11.8 Å². The number of phenolic OH excluding ortho intramolecular Hbond substituents is 3. The largest absolute Gasteiger partial charge is 0.506 e. The number of nitrogens with zero attached hydrogens (tertiary/aromatic N) is 2. The molecule has 0 spiro atoms. The zero-order valence-corrected chi connectivity index (χ0v) is 26.4. The maximum absolute atomic E-state index is 12.9. The minimum atomic E-state index is -1.27. The topological polar surface area (TPSA) is 188 Å². The molecule has 14 heteroatoms. The number of aliphatic hydroxyl groups excluding tert-OH is 1. The standard InChI is InChI=1S/C31H35Cl2N3O9/c1-14-6-7-17(23(32)27(14)40)20(38)5-4-11-35(12-10-34-29(42)18-8-9-21(39)28(41)24(18)33)13-19-15(2)25-22(16(3)37)30(43)36(25)26(19)31(44)45/h6-9,15-16,22,25,37,39-41H,4-5,10-13H2,1-3H3,(H,34,42)(H,44,45)/t15-,16+,22+,25+/m0/s1. The highest BCUT2D eigenvalue weighted by atomic mass is 35.5. The van der Waals surface area contributed by atoms with E-state index in [2.05, 4.69) is 5.32 Å². The molecule has 4 atom stereocenters. The first-order valence-corrected chi connectivity index (χ1v) is 15.1. The van der Waals surface area contributed by atoms with Crippen LogP contribution in [0.3, 0.4) is 0 Å². The Hall–Kier alpha value is -3.84. The summed E-state index contributed by atoms with van der Waals surface area (Å²) in [5.74, 6) is -5.00. The lowest BCUT2D eigenvalue weighted by molar-refractivity contribution is -0.163. The lowest BCUT2D eigenvalue weighted by Crippen LogP contribution is -2.63. The molecule has 0 saturated carbocycles. The maximum atomic E-state index is 12.9. The number of carbonyl (C=O) groups excluding carboxylic acids is 3. The molecule has 4 rings (SSSR count). The molecular formula is C31H35Cl2N3O9. The number of carboxylic acid groups (broad SMARTS) is 1. The van der Waals surface area contributed by atoms with Gasteiger partial charge in [0.1, 0.15) is 11.4 Å². The highest BCUT2D eigenvalue weighted by molar-refractivity contribution is 6.36. The number of aryl methyl sites for hydroxylation is 1. The van der Waals surface area contributed by atoms with E-state index in [9.17, 15) is 44.7 Å². The molecule has 1 fully saturated rings. The number of aliphatic carboxylic acids is 1. The second kappa shape index (κ2) is 13.7. The number of amides is 2. The molecule has 2 aliphatic rings. The van der Waals surface area contributed by atoms with Crippen LogP contribution in [0.25, 0.3) is 0 Å². The zero-order valence-electron chi connectivity index (χ0n) is 24.9. The molecule has 2 aromatic rings. The summed E-state index contributed by atoms with van der Waals surface area (Å²) in [6, 6.07) is 5.03. The number of aromatic hydroxyl groups is 3. The van der Waals surface area contributed by atoms with Crippen molar-refractivity contribution in [3.8, 4) is 17.2 Å². The highest BCUT2D eigenvalue weighted by Crippen LogP contribution is 2.47. The van der Waals surface area contributed by atoms with E-state index in [0.29, 0.717) is 24.1 Å². The van der Waals surface area contributed by atoms with Crippen molar-refractivity contribution in [3.05, 3.63) is 62.3 Å². The molecule has 0 radical (unpaired) electrons. The first kappa shape index (κ1) is 34.0. The highest BCUT2D eigenvalue weighted by Gasteiger charge is 2.59. The van der Waals surface area contributed by atoms with Crippen LogP contribution < -0.4 is 5.32 Å². The van der Waals surface area contributed by atoms with Crippen LogP contribution in [0.15, 0.2) is 35.5 Å². The van der Waals surface area contributed by atoms with E-state index in [1.165, 1.54) is 17.9 Å². The van der Waals surface area contributed by atoms with E-state index >= 15 is 0 Å². The lowest BCUT2D eigenvalue weighted by atomic mass is 9.77. The van der Waals surface area contributed by atoms with Crippen LogP contribution in [0.1, 0.15) is 53.0 Å². The fourth-order valence-corrected chi connectivity index (χ4v) is 6.55. The lowest BCUT2D eigenvalue weighted by Gasteiger charge is -2.46. The molecule has 0 aromatic heterocycles. The number of Topliss-reactive ketones (excluding diaryl/α,β-unsaturated/α-hetero) is 1. The number of β-lactam (4-membered cyclic amide) rings is 1. The summed E-state index contributed by atoms with van der Waals surface area (Å²) in [6.07, 6.45) is -0.570. The Morgan fingerprint density at radius 3 is 2.31 bits per heavy atom. The molecule has 2 heterocycles. The Labute approximate surface area is 269 Å². The smallest absolute Gasteiger partial charge is 0.352 e. The van der Waals surface area contributed by atoms with Gasteiger partial charge in [0.2, 0.25) is 5.91 Å². The number of ketones is 1. The van der Waals surface area contributed by atoms with Crippen molar-refractivity contribution in [2.45, 2.75) is 45.8 Å². The summed E-state index contributed by atoms with van der Waals surface area (Å²) in [7, 11) is 0. The zero-order chi connectivity index (χ0) is 33.3. The number of hydrogen-bond acceptors (Lipinski definition) is 9. The average Bonchev–Trinajstić information content (AvgIpc) is 3.21. The number of nitrogens with one attached hydrogen (secondary N) is 1. The minimum Gasteiger partial charge on any atom is -0.506 e. The van der Waals surface area contributed by atoms with Crippen LogP contribution in [-0.2, 0) is 9.59 Å². The summed E-state index contributed by atoms with van der Waals surface area (Å²) in [5.41, 5.74) is 1.00. The number of fused-ring (bicyclic) bond motifs is 1. The molecule has 6 N–H and O–H groups in total. The number of halogens is 2. The summed E-state index contributed by atoms with van der Waals surface area (Å²) in [5, 5.41) is 52.2. The fraction of sp³-hybridized carbons (Fsp3) is 0.419. The Balaban J connectivity index is 1.51. The summed E-state index contributed by atoms with van der Waals surface area (Å²) in [6.45, 7) is 5.63. The normalized spacial score (nSPS) is 19.8. The predicted molar refractivity (Wildman–Crippen MR) is 165 cm³/mol. The summed E-state index contributed by atoms with van der Waals surface area (Å²) >= 11 is 12.2. The van der Waals surface area contributed by atoms with E-state index in [4.69, 9.17) is 23.2 Å². The number of phenols is 3. The number of carbonyl (C=O) groups is 4. The van der Waals surface area contributed by atoms with Gasteiger partial charge in [0.05, 0.1) is 33.7 Å². The predicted octanol–water partition coefficient (Wildman–Crippen LogP) is 3.31. The first-order valence-electron chi connectivity index (χ1n) is 14.4. The van der Waals surface area contributed by atoms with Crippen LogP contribution in [0.2, 0.25) is 10.0 Å². The second-order valence-corrected chi connectivity index (χ2v) is 12.1. The van der Waals surface area contributed by atoms with Gasteiger partial charge in [-0.15, -0.1) is 0 Å². The van der Waals surface area contributed by atoms with E-state index < -0.39 is 47.3 Å². The van der Waals surface area contributed by atoms with Crippen molar-refractivity contribution in [1.82, 2.24) is 15.1 Å². The van der Waals surface area contributed by atoms with Gasteiger partial charge in [-0.1, -0.05) is 36.2 Å². The maximum Gasteiger partial charge on any atom is 0.352 e. The van der Waals surface area contributed by atoms with Gasteiger partial charge in [-0.25, -0.2) is 4.79 Å². The van der Waals surface area contributed by atoms with Crippen molar-refractivity contribution >= 4 is 46.8 Å². The third kappa shape index (κ3) is 6.60. The third-order valence-corrected chi connectivity index (χ3v) is 9.23. The number of benzene rings is 2. The van der Waals surface area contributed by atoms with Gasteiger partial charge in [0.15, 0.2) is 17.3 Å². The fourth-order valence-electron chi connectivity index (χ4n) is 5.99. The number of hydrogen-bond donors (Lipinski definition) is 6. The van der Waals surface area contributed by atoms with Crippen molar-refractivity contribution < 1.29 is 44.7 Å². The van der Waals surface area contributed by atoms with Gasteiger partial charge in [0.25, 0.3) is 5.91 Å².